The number of amidine groups is 1. The van der Waals surface area contributed by atoms with Gasteiger partial charge in [-0.05, 0) is 29.7 Å². The van der Waals surface area contributed by atoms with Gasteiger partial charge in [0.25, 0.3) is 5.91 Å². The lowest BCUT2D eigenvalue weighted by molar-refractivity contribution is -0.115. The maximum Gasteiger partial charge on any atom is 0.275 e. The van der Waals surface area contributed by atoms with Gasteiger partial charge in [-0.3, -0.25) is 4.79 Å². The minimum Gasteiger partial charge on any atom is -0.494 e. The van der Waals surface area contributed by atoms with Crippen molar-refractivity contribution in [2.24, 2.45) is 10.9 Å². The van der Waals surface area contributed by atoms with E-state index in [0.29, 0.717) is 29.4 Å². The number of ether oxygens (including phenoxy) is 1. The first kappa shape index (κ1) is 14.2. The van der Waals surface area contributed by atoms with Crippen LogP contribution >= 0.6 is 0 Å². The van der Waals surface area contributed by atoms with Crippen molar-refractivity contribution in [3.8, 4) is 5.75 Å². The zero-order chi connectivity index (χ0) is 14.7. The summed E-state index contributed by atoms with van der Waals surface area (Å²) in [6.45, 7) is 4.10. The highest BCUT2D eigenvalue weighted by atomic mass is 19.1. The smallest absolute Gasteiger partial charge is 0.275 e. The van der Waals surface area contributed by atoms with Gasteiger partial charge >= 0.3 is 0 Å². The molecule has 2 rings (SSSR count). The summed E-state index contributed by atoms with van der Waals surface area (Å²) in [4.78, 5) is 16.0. The Kier molecular flexibility index (Phi) is 4.17. The number of halogens is 1. The van der Waals surface area contributed by atoms with Crippen LogP contribution in [0.5, 0.6) is 5.75 Å². The largest absolute Gasteiger partial charge is 0.494 e. The number of hydrogen-bond acceptors (Lipinski definition) is 3. The lowest BCUT2D eigenvalue weighted by Crippen LogP contribution is -2.24. The lowest BCUT2D eigenvalue weighted by Gasteiger charge is -2.02. The summed E-state index contributed by atoms with van der Waals surface area (Å²) in [5, 5.41) is 2.72. The van der Waals surface area contributed by atoms with Gasteiger partial charge in [0.15, 0.2) is 11.6 Å². The van der Waals surface area contributed by atoms with E-state index in [9.17, 15) is 9.18 Å². The zero-order valence-corrected chi connectivity index (χ0v) is 11.7. The van der Waals surface area contributed by atoms with Gasteiger partial charge in [0, 0.05) is 6.42 Å². The predicted molar refractivity (Wildman–Crippen MR) is 76.0 cm³/mol. The number of methoxy groups -OCH3 is 1. The highest BCUT2D eigenvalue weighted by Crippen LogP contribution is 2.20. The van der Waals surface area contributed by atoms with Crippen molar-refractivity contribution < 1.29 is 13.9 Å². The maximum atomic E-state index is 13.6. The van der Waals surface area contributed by atoms with Crippen molar-refractivity contribution in [3.05, 3.63) is 35.3 Å². The molecule has 5 heteroatoms. The van der Waals surface area contributed by atoms with Gasteiger partial charge in [0.05, 0.1) is 7.11 Å². The van der Waals surface area contributed by atoms with E-state index in [2.05, 4.69) is 24.2 Å². The van der Waals surface area contributed by atoms with Gasteiger partial charge in [0.1, 0.15) is 11.5 Å². The van der Waals surface area contributed by atoms with Gasteiger partial charge in [-0.2, -0.15) is 0 Å². The van der Waals surface area contributed by atoms with Gasteiger partial charge < -0.3 is 10.1 Å². The van der Waals surface area contributed by atoms with Crippen LogP contribution in [0, 0.1) is 11.7 Å². The Bertz CT molecular complexity index is 592. The van der Waals surface area contributed by atoms with Crippen LogP contribution in [0.4, 0.5) is 4.39 Å². The Labute approximate surface area is 117 Å². The highest BCUT2D eigenvalue weighted by molar-refractivity contribution is 6.14. The normalized spacial score (nSPS) is 16.6. The topological polar surface area (TPSA) is 50.7 Å². The monoisotopic (exact) mass is 276 g/mol. The highest BCUT2D eigenvalue weighted by Gasteiger charge is 2.20. The number of amides is 1. The van der Waals surface area contributed by atoms with Crippen LogP contribution < -0.4 is 10.1 Å². The van der Waals surface area contributed by atoms with Crippen molar-refractivity contribution in [1.29, 1.82) is 0 Å². The summed E-state index contributed by atoms with van der Waals surface area (Å²) in [6, 6.07) is 4.51. The molecule has 1 N–H and O–H groups in total. The van der Waals surface area contributed by atoms with Crippen molar-refractivity contribution in [2.75, 3.05) is 7.11 Å². The first-order chi connectivity index (χ1) is 9.49. The molecule has 106 valence electrons. The number of benzene rings is 1. The molecule has 0 aliphatic carbocycles. The molecule has 20 heavy (non-hydrogen) atoms. The maximum absolute atomic E-state index is 13.6. The third-order valence-corrected chi connectivity index (χ3v) is 2.83. The third-order valence-electron chi connectivity index (χ3n) is 2.83. The molecule has 1 aliphatic heterocycles. The molecule has 0 saturated carbocycles. The first-order valence-electron chi connectivity index (χ1n) is 6.43. The summed E-state index contributed by atoms with van der Waals surface area (Å²) in [5.74, 6) is 0.521. The minimum absolute atomic E-state index is 0.173. The standard InChI is InChI=1S/C15H17FN2O2/c1-9(2)6-14-17-12(15(19)18-14)8-10-4-5-13(20-3)11(16)7-10/h4-5,7-9H,6H2,1-3H3,(H,17,18,19)/b12-8+. The van der Waals surface area contributed by atoms with Gasteiger partial charge in [-0.15, -0.1) is 0 Å². The van der Waals surface area contributed by atoms with E-state index in [-0.39, 0.29) is 11.7 Å². The number of carbonyl (C=O) groups is 1. The number of carbonyl (C=O) groups excluding carboxylic acids is 1. The molecule has 1 heterocycles. The molecule has 1 aliphatic rings. The molecule has 0 atom stereocenters. The van der Waals surface area contributed by atoms with Crippen LogP contribution in [0.25, 0.3) is 6.08 Å². The van der Waals surface area contributed by atoms with Crippen LogP contribution in [0.3, 0.4) is 0 Å². The second-order valence-electron chi connectivity index (χ2n) is 5.03. The quantitative estimate of drug-likeness (QED) is 0.860. The Morgan fingerprint density at radius 3 is 2.80 bits per heavy atom. The van der Waals surface area contributed by atoms with Crippen LogP contribution in [0.1, 0.15) is 25.8 Å². The number of aliphatic imine (C=N–C) groups is 1. The van der Waals surface area contributed by atoms with Gasteiger partial charge in [0.2, 0.25) is 0 Å². The van der Waals surface area contributed by atoms with Crippen molar-refractivity contribution in [1.82, 2.24) is 5.32 Å². The fourth-order valence-electron chi connectivity index (χ4n) is 1.93. The fraction of sp³-hybridized carbons (Fsp3) is 0.333. The molecule has 0 fully saturated rings. The average molecular weight is 276 g/mol. The molecule has 0 aromatic heterocycles. The number of hydrogen-bond donors (Lipinski definition) is 1. The first-order valence-corrected chi connectivity index (χ1v) is 6.43. The summed E-state index contributed by atoms with van der Waals surface area (Å²) in [7, 11) is 1.41. The summed E-state index contributed by atoms with van der Waals surface area (Å²) in [6.07, 6.45) is 2.27. The van der Waals surface area contributed by atoms with Crippen molar-refractivity contribution >= 4 is 17.8 Å². The molecule has 1 aromatic carbocycles. The number of nitrogens with zero attached hydrogens (tertiary/aromatic N) is 1. The Hall–Kier alpha value is -2.17. The molecule has 0 radical (unpaired) electrons. The lowest BCUT2D eigenvalue weighted by atomic mass is 10.1. The molecule has 0 saturated heterocycles. The molecule has 4 nitrogen and oxygen atoms in total. The number of rotatable bonds is 4. The molecule has 1 amide bonds. The fourth-order valence-corrected chi connectivity index (χ4v) is 1.93. The minimum atomic E-state index is -0.466. The second-order valence-corrected chi connectivity index (χ2v) is 5.03. The predicted octanol–water partition coefficient (Wildman–Crippen LogP) is 2.75. The Balaban J connectivity index is 2.24. The van der Waals surface area contributed by atoms with E-state index in [1.807, 2.05) is 0 Å². The van der Waals surface area contributed by atoms with Crippen LogP contribution in [0.15, 0.2) is 28.9 Å². The van der Waals surface area contributed by atoms with E-state index in [1.165, 1.54) is 19.2 Å². The molecule has 0 spiro atoms. The van der Waals surface area contributed by atoms with E-state index < -0.39 is 5.82 Å². The number of nitrogens with one attached hydrogen (secondary N) is 1. The van der Waals surface area contributed by atoms with E-state index >= 15 is 0 Å². The average Bonchev–Trinajstić information content (AvgIpc) is 2.69. The molecule has 1 aromatic rings. The summed E-state index contributed by atoms with van der Waals surface area (Å²) >= 11 is 0. The van der Waals surface area contributed by atoms with Crippen LogP contribution in [0.2, 0.25) is 0 Å². The molecule has 0 unspecified atom stereocenters. The summed E-state index contributed by atoms with van der Waals surface area (Å²) in [5.41, 5.74) is 0.869. The SMILES string of the molecule is COc1ccc(/C=C2/N=C(CC(C)C)NC2=O)cc1F. The Morgan fingerprint density at radius 2 is 2.20 bits per heavy atom. The van der Waals surface area contributed by atoms with E-state index in [0.717, 1.165) is 0 Å². The zero-order valence-electron chi connectivity index (χ0n) is 11.7. The van der Waals surface area contributed by atoms with Crippen LogP contribution in [-0.4, -0.2) is 18.9 Å². The molecular formula is C15H17FN2O2. The Morgan fingerprint density at radius 1 is 1.45 bits per heavy atom. The van der Waals surface area contributed by atoms with Crippen molar-refractivity contribution in [3.63, 3.8) is 0 Å². The second kappa shape index (κ2) is 5.86. The van der Waals surface area contributed by atoms with Gasteiger partial charge in [-0.25, -0.2) is 9.38 Å². The van der Waals surface area contributed by atoms with Crippen LogP contribution in [-0.2, 0) is 4.79 Å². The summed E-state index contributed by atoms with van der Waals surface area (Å²) < 4.78 is 18.4. The van der Waals surface area contributed by atoms with E-state index in [1.54, 1.807) is 12.1 Å². The third kappa shape index (κ3) is 3.23. The van der Waals surface area contributed by atoms with Gasteiger partial charge in [-0.1, -0.05) is 19.9 Å². The molecule has 0 bridgehead atoms. The van der Waals surface area contributed by atoms with Crippen molar-refractivity contribution in [2.45, 2.75) is 20.3 Å². The van der Waals surface area contributed by atoms with E-state index in [4.69, 9.17) is 4.74 Å². The molecular weight excluding hydrogens is 259 g/mol.